The highest BCUT2D eigenvalue weighted by Gasteiger charge is 2.24. The van der Waals surface area contributed by atoms with Gasteiger partial charge in [-0.15, -0.1) is 0 Å². The second-order valence-corrected chi connectivity index (χ2v) is 8.45. The first-order valence-corrected chi connectivity index (χ1v) is 9.96. The highest BCUT2D eigenvalue weighted by molar-refractivity contribution is 7.09. The molecule has 0 spiro atoms. The number of carbonyl (C=O) groups excluding carboxylic acids is 1. The van der Waals surface area contributed by atoms with Gasteiger partial charge in [0.05, 0.1) is 5.56 Å². The molecule has 1 fully saturated rings. The molecule has 1 aliphatic heterocycles. The fraction of sp³-hybridized carbons (Fsp3) is 0.526. The molecule has 6 nitrogen and oxygen atoms in total. The number of benzene rings is 1. The Balaban J connectivity index is 1.43. The largest absolute Gasteiger partial charge is 0.351 e. The van der Waals surface area contributed by atoms with Gasteiger partial charge in [0, 0.05) is 56.2 Å². The Labute approximate surface area is 163 Å². The molecule has 0 saturated carbocycles. The van der Waals surface area contributed by atoms with Gasteiger partial charge < -0.3 is 10.2 Å². The van der Waals surface area contributed by atoms with Crippen LogP contribution >= 0.6 is 11.5 Å². The van der Waals surface area contributed by atoms with E-state index >= 15 is 0 Å². The van der Waals surface area contributed by atoms with Crippen molar-refractivity contribution in [1.29, 1.82) is 0 Å². The summed E-state index contributed by atoms with van der Waals surface area (Å²) in [6.07, 6.45) is 0. The summed E-state index contributed by atoms with van der Waals surface area (Å²) in [5, 5.41) is 3.77. The zero-order chi connectivity index (χ0) is 19.4. The Bertz CT molecular complexity index is 780. The first kappa shape index (κ1) is 19.7. The number of anilines is 1. The lowest BCUT2D eigenvalue weighted by atomic mass is 9.96. The molecule has 0 bridgehead atoms. The maximum atomic E-state index is 13.6. The Morgan fingerprint density at radius 3 is 2.56 bits per heavy atom. The SMILES string of the molecule is CC(C)(C)c1nsc(N2CCN(CCNC(=O)c3ccccc3F)CC2)n1. The van der Waals surface area contributed by atoms with Crippen LogP contribution < -0.4 is 10.2 Å². The molecule has 1 aliphatic rings. The highest BCUT2D eigenvalue weighted by atomic mass is 32.1. The van der Waals surface area contributed by atoms with Crippen LogP contribution in [0.3, 0.4) is 0 Å². The molecule has 0 radical (unpaired) electrons. The van der Waals surface area contributed by atoms with E-state index in [-0.39, 0.29) is 16.9 Å². The third kappa shape index (κ3) is 5.01. The predicted molar refractivity (Wildman–Crippen MR) is 106 cm³/mol. The van der Waals surface area contributed by atoms with Crippen LogP contribution in [0, 0.1) is 5.82 Å². The molecule has 0 atom stereocenters. The Kier molecular flexibility index (Phi) is 6.06. The Morgan fingerprint density at radius 2 is 1.93 bits per heavy atom. The fourth-order valence-corrected chi connectivity index (χ4v) is 3.79. The molecule has 1 amide bonds. The van der Waals surface area contributed by atoms with Crippen molar-refractivity contribution < 1.29 is 9.18 Å². The van der Waals surface area contributed by atoms with Crippen LogP contribution in [0.15, 0.2) is 24.3 Å². The standard InChI is InChI=1S/C19H26FN5OS/c1-19(2,3)17-22-18(27-23-17)25-12-10-24(11-13-25)9-8-21-16(26)14-6-4-5-7-15(14)20/h4-7H,8-13H2,1-3H3,(H,21,26). The van der Waals surface area contributed by atoms with Crippen molar-refractivity contribution in [3.8, 4) is 0 Å². The van der Waals surface area contributed by atoms with Crippen molar-refractivity contribution >= 4 is 22.6 Å². The van der Waals surface area contributed by atoms with E-state index in [0.717, 1.165) is 43.7 Å². The highest BCUT2D eigenvalue weighted by Crippen LogP contribution is 2.25. The Hall–Kier alpha value is -2.06. The zero-order valence-electron chi connectivity index (χ0n) is 16.0. The summed E-state index contributed by atoms with van der Waals surface area (Å²) in [4.78, 5) is 21.3. The Morgan fingerprint density at radius 1 is 1.22 bits per heavy atom. The van der Waals surface area contributed by atoms with E-state index in [4.69, 9.17) is 0 Å². The minimum absolute atomic E-state index is 0.0347. The van der Waals surface area contributed by atoms with Gasteiger partial charge in [-0.1, -0.05) is 32.9 Å². The van der Waals surface area contributed by atoms with Crippen LogP contribution in [-0.4, -0.2) is 59.4 Å². The molecule has 1 aromatic heterocycles. The third-order valence-corrected chi connectivity index (χ3v) is 5.34. The van der Waals surface area contributed by atoms with Gasteiger partial charge in [0.15, 0.2) is 0 Å². The van der Waals surface area contributed by atoms with Crippen LogP contribution in [0.1, 0.15) is 37.0 Å². The summed E-state index contributed by atoms with van der Waals surface area (Å²) in [5.74, 6) is 0.0337. The van der Waals surface area contributed by atoms with E-state index in [9.17, 15) is 9.18 Å². The molecule has 0 aliphatic carbocycles. The van der Waals surface area contributed by atoms with Gasteiger partial charge in [0.1, 0.15) is 11.6 Å². The summed E-state index contributed by atoms with van der Waals surface area (Å²) in [7, 11) is 0. The van der Waals surface area contributed by atoms with Crippen molar-refractivity contribution in [2.75, 3.05) is 44.2 Å². The van der Waals surface area contributed by atoms with Crippen molar-refractivity contribution in [2.24, 2.45) is 0 Å². The predicted octanol–water partition coefficient (Wildman–Crippen LogP) is 2.53. The molecule has 146 valence electrons. The number of hydrogen-bond acceptors (Lipinski definition) is 6. The molecule has 1 N–H and O–H groups in total. The van der Waals surface area contributed by atoms with E-state index in [1.54, 1.807) is 12.1 Å². The van der Waals surface area contributed by atoms with E-state index in [1.165, 1.54) is 23.7 Å². The lowest BCUT2D eigenvalue weighted by Crippen LogP contribution is -2.48. The third-order valence-electron chi connectivity index (χ3n) is 4.56. The monoisotopic (exact) mass is 391 g/mol. The summed E-state index contributed by atoms with van der Waals surface area (Å²) in [6, 6.07) is 6.04. The molecule has 27 heavy (non-hydrogen) atoms. The first-order chi connectivity index (χ1) is 12.8. The van der Waals surface area contributed by atoms with Gasteiger partial charge in [0.25, 0.3) is 5.91 Å². The lowest BCUT2D eigenvalue weighted by Gasteiger charge is -2.34. The van der Waals surface area contributed by atoms with Gasteiger partial charge in [-0.05, 0) is 12.1 Å². The summed E-state index contributed by atoms with van der Waals surface area (Å²) in [5.41, 5.74) is 0.0562. The van der Waals surface area contributed by atoms with Gasteiger partial charge in [-0.25, -0.2) is 9.37 Å². The number of carbonyl (C=O) groups is 1. The van der Waals surface area contributed by atoms with Crippen molar-refractivity contribution in [3.05, 3.63) is 41.5 Å². The van der Waals surface area contributed by atoms with Crippen LogP contribution in [0.25, 0.3) is 0 Å². The number of amides is 1. The van der Waals surface area contributed by atoms with E-state index in [2.05, 4.69) is 45.2 Å². The molecule has 0 unspecified atom stereocenters. The number of nitrogens with one attached hydrogen (secondary N) is 1. The summed E-state index contributed by atoms with van der Waals surface area (Å²) in [6.45, 7) is 11.2. The second-order valence-electron chi connectivity index (χ2n) is 7.71. The van der Waals surface area contributed by atoms with Crippen LogP contribution in [0.4, 0.5) is 9.52 Å². The first-order valence-electron chi connectivity index (χ1n) is 9.19. The van der Waals surface area contributed by atoms with Crippen LogP contribution in [0.5, 0.6) is 0 Å². The van der Waals surface area contributed by atoms with Crippen molar-refractivity contribution in [1.82, 2.24) is 19.6 Å². The fourth-order valence-electron chi connectivity index (χ4n) is 2.88. The molecule has 2 aromatic rings. The van der Waals surface area contributed by atoms with Crippen LogP contribution in [-0.2, 0) is 5.41 Å². The topological polar surface area (TPSA) is 61.4 Å². The minimum atomic E-state index is -0.490. The van der Waals surface area contributed by atoms with Gasteiger partial charge in [0.2, 0.25) is 5.13 Å². The van der Waals surface area contributed by atoms with Crippen molar-refractivity contribution in [3.63, 3.8) is 0 Å². The molecular formula is C19H26FN5OS. The normalized spacial score (nSPS) is 15.8. The maximum absolute atomic E-state index is 13.6. The van der Waals surface area contributed by atoms with E-state index < -0.39 is 5.82 Å². The number of nitrogens with zero attached hydrogens (tertiary/aromatic N) is 4. The molecule has 3 rings (SSSR count). The van der Waals surface area contributed by atoms with E-state index in [1.807, 2.05) is 0 Å². The average Bonchev–Trinajstić information content (AvgIpc) is 3.13. The number of piperazine rings is 1. The van der Waals surface area contributed by atoms with Gasteiger partial charge in [-0.2, -0.15) is 4.37 Å². The molecule has 1 saturated heterocycles. The zero-order valence-corrected chi connectivity index (χ0v) is 16.9. The number of aromatic nitrogens is 2. The van der Waals surface area contributed by atoms with Crippen molar-refractivity contribution in [2.45, 2.75) is 26.2 Å². The molecular weight excluding hydrogens is 365 g/mol. The molecule has 8 heteroatoms. The minimum Gasteiger partial charge on any atom is -0.351 e. The summed E-state index contributed by atoms with van der Waals surface area (Å²) >= 11 is 1.46. The lowest BCUT2D eigenvalue weighted by molar-refractivity contribution is 0.0943. The smallest absolute Gasteiger partial charge is 0.254 e. The second kappa shape index (κ2) is 8.31. The summed E-state index contributed by atoms with van der Waals surface area (Å²) < 4.78 is 18.1. The maximum Gasteiger partial charge on any atom is 0.254 e. The quantitative estimate of drug-likeness (QED) is 0.849. The number of rotatable bonds is 5. The van der Waals surface area contributed by atoms with Gasteiger partial charge in [-0.3, -0.25) is 9.69 Å². The van der Waals surface area contributed by atoms with E-state index in [0.29, 0.717) is 6.54 Å². The van der Waals surface area contributed by atoms with Gasteiger partial charge >= 0.3 is 0 Å². The molecule has 2 heterocycles. The average molecular weight is 392 g/mol. The number of halogens is 1. The van der Waals surface area contributed by atoms with Crippen LogP contribution in [0.2, 0.25) is 0 Å². The molecule has 1 aromatic carbocycles. The number of hydrogen-bond donors (Lipinski definition) is 1.